The normalized spacial score (nSPS) is 15.1. The van der Waals surface area contributed by atoms with E-state index in [4.69, 9.17) is 0 Å². The van der Waals surface area contributed by atoms with Crippen LogP contribution in [0.1, 0.15) is 16.8 Å². The second-order valence-electron chi connectivity index (χ2n) is 4.75. The molecule has 3 amide bonds. The van der Waals surface area contributed by atoms with Crippen LogP contribution in [0.15, 0.2) is 24.3 Å². The number of rotatable bonds is 2. The number of hydrogen-bond acceptors (Lipinski definition) is 3. The van der Waals surface area contributed by atoms with Gasteiger partial charge >= 0.3 is 12.0 Å². The van der Waals surface area contributed by atoms with Gasteiger partial charge in [0.05, 0.1) is 11.3 Å². The molecule has 1 fully saturated rings. The van der Waals surface area contributed by atoms with Crippen molar-refractivity contribution in [3.8, 4) is 0 Å². The Balaban J connectivity index is 2.19. The number of hydrogen-bond donors (Lipinski definition) is 2. The Bertz CT molecular complexity index is 573. The molecule has 0 radical (unpaired) electrons. The summed E-state index contributed by atoms with van der Waals surface area (Å²) in [6.45, 7) is 1.13. The van der Waals surface area contributed by atoms with Crippen molar-refractivity contribution in [1.29, 1.82) is 0 Å². The summed E-state index contributed by atoms with van der Waals surface area (Å²) in [5.41, 5.74) is 0.399. The second-order valence-corrected chi connectivity index (χ2v) is 4.75. The summed E-state index contributed by atoms with van der Waals surface area (Å²) in [5, 5.41) is 11.9. The summed E-state index contributed by atoms with van der Waals surface area (Å²) in [7, 11) is 1.53. The van der Waals surface area contributed by atoms with Gasteiger partial charge < -0.3 is 15.3 Å². The van der Waals surface area contributed by atoms with Crippen molar-refractivity contribution >= 4 is 23.6 Å². The molecule has 0 unspecified atom stereocenters. The molecule has 7 nitrogen and oxygen atoms in total. The first kappa shape index (κ1) is 14.8. The number of benzene rings is 1. The number of carbonyl (C=O) groups excluding carboxylic acids is 2. The highest BCUT2D eigenvalue weighted by Gasteiger charge is 2.24. The maximum absolute atomic E-state index is 12.5. The molecule has 1 aliphatic rings. The molecule has 1 aromatic rings. The van der Waals surface area contributed by atoms with Gasteiger partial charge in [-0.15, -0.1) is 0 Å². The van der Waals surface area contributed by atoms with Crippen LogP contribution in [0.5, 0.6) is 0 Å². The van der Waals surface area contributed by atoms with Crippen molar-refractivity contribution in [2.45, 2.75) is 6.42 Å². The van der Waals surface area contributed by atoms with Crippen LogP contribution in [0.2, 0.25) is 0 Å². The van der Waals surface area contributed by atoms with Crippen LogP contribution < -0.4 is 10.2 Å². The van der Waals surface area contributed by atoms with E-state index in [2.05, 4.69) is 5.32 Å². The molecular weight excluding hydrogens is 274 g/mol. The summed E-state index contributed by atoms with van der Waals surface area (Å²) in [5.74, 6) is -1.17. The molecule has 0 aliphatic carbocycles. The third kappa shape index (κ3) is 3.31. The van der Waals surface area contributed by atoms with E-state index in [-0.39, 0.29) is 23.9 Å². The molecule has 0 atom stereocenters. The lowest BCUT2D eigenvalue weighted by Gasteiger charge is -2.27. The maximum Gasteiger partial charge on any atom is 0.337 e. The minimum Gasteiger partial charge on any atom is -0.478 e. The molecule has 0 aromatic heterocycles. The highest BCUT2D eigenvalue weighted by Crippen LogP contribution is 2.20. The van der Waals surface area contributed by atoms with Crippen molar-refractivity contribution < 1.29 is 19.5 Å². The lowest BCUT2D eigenvalue weighted by Crippen LogP contribution is -2.43. The molecular formula is C14H17N3O4. The first-order valence-electron chi connectivity index (χ1n) is 6.62. The largest absolute Gasteiger partial charge is 0.478 e. The van der Waals surface area contributed by atoms with Gasteiger partial charge in [-0.3, -0.25) is 9.69 Å². The Morgan fingerprint density at radius 1 is 1.29 bits per heavy atom. The number of carboxylic acids is 1. The molecule has 2 rings (SSSR count). The summed E-state index contributed by atoms with van der Waals surface area (Å²) < 4.78 is 0. The van der Waals surface area contributed by atoms with Crippen molar-refractivity contribution in [3.63, 3.8) is 0 Å². The molecule has 0 spiro atoms. The van der Waals surface area contributed by atoms with Gasteiger partial charge in [0.1, 0.15) is 0 Å². The Hall–Kier alpha value is -2.57. The number of para-hydroxylation sites is 1. The van der Waals surface area contributed by atoms with Gasteiger partial charge in [0.2, 0.25) is 5.91 Å². The van der Waals surface area contributed by atoms with Gasteiger partial charge in [0.15, 0.2) is 0 Å². The van der Waals surface area contributed by atoms with Crippen LogP contribution in [0.3, 0.4) is 0 Å². The predicted octanol–water partition coefficient (Wildman–Crippen LogP) is 0.763. The number of urea groups is 1. The van der Waals surface area contributed by atoms with E-state index in [1.54, 1.807) is 18.2 Å². The van der Waals surface area contributed by atoms with E-state index in [1.165, 1.54) is 22.9 Å². The molecule has 0 saturated carbocycles. The van der Waals surface area contributed by atoms with Crippen molar-refractivity contribution in [3.05, 3.63) is 29.8 Å². The standard InChI is InChI=1S/C14H17N3O4/c1-16(11-5-3-2-4-10(11)13(19)20)14(21)17-8-6-12(18)15-7-9-17/h2-5H,6-9H2,1H3,(H,15,18)(H,19,20). The Morgan fingerprint density at radius 2 is 2.00 bits per heavy atom. The number of carbonyl (C=O) groups is 3. The molecule has 1 heterocycles. The van der Waals surface area contributed by atoms with Gasteiger partial charge in [0.25, 0.3) is 0 Å². The Kier molecular flexibility index (Phi) is 4.42. The highest BCUT2D eigenvalue weighted by atomic mass is 16.4. The zero-order valence-electron chi connectivity index (χ0n) is 11.7. The van der Waals surface area contributed by atoms with Gasteiger partial charge in [-0.2, -0.15) is 0 Å². The monoisotopic (exact) mass is 291 g/mol. The third-order valence-corrected chi connectivity index (χ3v) is 3.37. The predicted molar refractivity (Wildman–Crippen MR) is 76.4 cm³/mol. The summed E-state index contributed by atoms with van der Waals surface area (Å²) >= 11 is 0. The Labute approximate surface area is 122 Å². The number of carboxylic acid groups (broad SMARTS) is 1. The van der Waals surface area contributed by atoms with Gasteiger partial charge in [-0.1, -0.05) is 12.1 Å². The van der Waals surface area contributed by atoms with Crippen LogP contribution in [-0.2, 0) is 4.79 Å². The van der Waals surface area contributed by atoms with Crippen molar-refractivity contribution in [2.24, 2.45) is 0 Å². The number of nitrogens with one attached hydrogen (secondary N) is 1. The first-order valence-corrected chi connectivity index (χ1v) is 6.62. The zero-order valence-corrected chi connectivity index (χ0v) is 11.7. The smallest absolute Gasteiger partial charge is 0.337 e. The van der Waals surface area contributed by atoms with E-state index in [9.17, 15) is 19.5 Å². The van der Waals surface area contributed by atoms with E-state index in [0.29, 0.717) is 25.3 Å². The second kappa shape index (κ2) is 6.25. The number of aromatic carboxylic acids is 1. The average Bonchev–Trinajstić information content (AvgIpc) is 2.70. The van der Waals surface area contributed by atoms with Crippen LogP contribution in [0.4, 0.5) is 10.5 Å². The molecule has 21 heavy (non-hydrogen) atoms. The van der Waals surface area contributed by atoms with Gasteiger partial charge in [-0.05, 0) is 12.1 Å². The summed E-state index contributed by atoms with van der Waals surface area (Å²) in [6.07, 6.45) is 0.250. The maximum atomic E-state index is 12.5. The van der Waals surface area contributed by atoms with E-state index < -0.39 is 5.97 Å². The molecule has 1 saturated heterocycles. The van der Waals surface area contributed by atoms with E-state index in [1.807, 2.05) is 0 Å². The van der Waals surface area contributed by atoms with Crippen LogP contribution in [-0.4, -0.2) is 54.6 Å². The molecule has 112 valence electrons. The molecule has 1 aliphatic heterocycles. The highest BCUT2D eigenvalue weighted by molar-refractivity contribution is 6.01. The molecule has 1 aromatic carbocycles. The minimum absolute atomic E-state index is 0.0670. The van der Waals surface area contributed by atoms with Crippen molar-refractivity contribution in [2.75, 3.05) is 31.6 Å². The molecule has 0 bridgehead atoms. The summed E-state index contributed by atoms with van der Waals surface area (Å²) in [6, 6.07) is 6.01. The lowest BCUT2D eigenvalue weighted by atomic mass is 10.1. The summed E-state index contributed by atoms with van der Waals surface area (Å²) in [4.78, 5) is 37.8. The van der Waals surface area contributed by atoms with Crippen molar-refractivity contribution in [1.82, 2.24) is 10.2 Å². The van der Waals surface area contributed by atoms with Crippen LogP contribution >= 0.6 is 0 Å². The average molecular weight is 291 g/mol. The SMILES string of the molecule is CN(C(=O)N1CCNC(=O)CC1)c1ccccc1C(=O)O. The van der Waals surface area contributed by atoms with Crippen LogP contribution in [0.25, 0.3) is 0 Å². The van der Waals surface area contributed by atoms with Gasteiger partial charge in [-0.25, -0.2) is 9.59 Å². The fraction of sp³-hybridized carbons (Fsp3) is 0.357. The molecule has 2 N–H and O–H groups in total. The number of amides is 3. The molecule has 7 heteroatoms. The lowest BCUT2D eigenvalue weighted by molar-refractivity contribution is -0.120. The topological polar surface area (TPSA) is 90.0 Å². The fourth-order valence-corrected chi connectivity index (χ4v) is 2.22. The minimum atomic E-state index is -1.09. The Morgan fingerprint density at radius 3 is 2.71 bits per heavy atom. The van der Waals surface area contributed by atoms with Gasteiger partial charge in [0, 0.05) is 33.1 Å². The number of nitrogens with zero attached hydrogens (tertiary/aromatic N) is 2. The van der Waals surface area contributed by atoms with Crippen LogP contribution in [0, 0.1) is 0 Å². The van der Waals surface area contributed by atoms with E-state index >= 15 is 0 Å². The fourth-order valence-electron chi connectivity index (χ4n) is 2.22. The zero-order chi connectivity index (χ0) is 15.4. The van der Waals surface area contributed by atoms with E-state index in [0.717, 1.165) is 0 Å². The quantitative estimate of drug-likeness (QED) is 0.842. The number of anilines is 1. The third-order valence-electron chi connectivity index (χ3n) is 3.37. The first-order chi connectivity index (χ1) is 10.0.